The number of rotatable bonds is 9. The van der Waals surface area contributed by atoms with E-state index < -0.39 is 34.4 Å². The van der Waals surface area contributed by atoms with Crippen LogP contribution < -0.4 is 21.8 Å². The van der Waals surface area contributed by atoms with Gasteiger partial charge in [0, 0.05) is 31.0 Å². The highest BCUT2D eigenvalue weighted by Crippen LogP contribution is 2.35. The lowest BCUT2D eigenvalue weighted by Crippen LogP contribution is -2.23. The molecule has 0 unspecified atom stereocenters. The maximum Gasteiger partial charge on any atom is 0.355 e. The molecule has 0 amide bonds. The van der Waals surface area contributed by atoms with Crippen molar-refractivity contribution in [2.75, 3.05) is 36.1 Å². The van der Waals surface area contributed by atoms with Crippen molar-refractivity contribution in [3.8, 4) is 5.69 Å². The monoisotopic (exact) mass is 507 g/mol. The number of hydrogen-bond donors (Lipinski definition) is 3. The zero-order valence-corrected chi connectivity index (χ0v) is 20.5. The molecule has 0 aliphatic carbocycles. The number of para-hydroxylation sites is 1. The summed E-state index contributed by atoms with van der Waals surface area (Å²) in [4.78, 5) is 30.1. The van der Waals surface area contributed by atoms with Crippen LogP contribution in [0.3, 0.4) is 0 Å². The molecule has 192 valence electrons. The molecule has 2 heterocycles. The summed E-state index contributed by atoms with van der Waals surface area (Å²) in [7, 11) is 0. The van der Waals surface area contributed by atoms with Crippen molar-refractivity contribution in [2.24, 2.45) is 0 Å². The molecular weight excluding hydrogens is 480 g/mol. The summed E-state index contributed by atoms with van der Waals surface area (Å²) in [5, 5.41) is 5.42. The number of aryl methyl sites for hydroxylation is 1. The van der Waals surface area contributed by atoms with Gasteiger partial charge in [-0.3, -0.25) is 4.79 Å². The lowest BCUT2D eigenvalue weighted by atomic mass is 10.1. The van der Waals surface area contributed by atoms with E-state index in [1.54, 1.807) is 43.5 Å². The van der Waals surface area contributed by atoms with Crippen molar-refractivity contribution in [3.63, 3.8) is 0 Å². The molecular formula is C27H27F2N5O3. The Morgan fingerprint density at radius 3 is 2.49 bits per heavy atom. The summed E-state index contributed by atoms with van der Waals surface area (Å²) in [6.45, 7) is 3.98. The summed E-state index contributed by atoms with van der Waals surface area (Å²) in [5.41, 5.74) is 4.97. The number of nitrogens with zero attached hydrogens (tertiary/aromatic N) is 2. The van der Waals surface area contributed by atoms with Crippen LogP contribution >= 0.6 is 0 Å². The smallest absolute Gasteiger partial charge is 0.355 e. The second kappa shape index (κ2) is 11.1. The van der Waals surface area contributed by atoms with Gasteiger partial charge < -0.3 is 25.7 Å². The lowest BCUT2D eigenvalue weighted by Gasteiger charge is -2.21. The van der Waals surface area contributed by atoms with Crippen molar-refractivity contribution in [1.29, 1.82) is 0 Å². The molecule has 0 radical (unpaired) electrons. The minimum Gasteiger partial charge on any atom is -0.461 e. The van der Waals surface area contributed by atoms with Crippen LogP contribution in [0.1, 0.15) is 29.9 Å². The summed E-state index contributed by atoms with van der Waals surface area (Å²) < 4.78 is 37.9. The normalized spacial score (nSPS) is 10.9. The van der Waals surface area contributed by atoms with Crippen LogP contribution in [0.15, 0.2) is 59.5 Å². The van der Waals surface area contributed by atoms with Gasteiger partial charge in [0.2, 0.25) is 0 Å². The molecule has 4 N–H and O–H groups in total. The average molecular weight is 508 g/mol. The number of anilines is 3. The fourth-order valence-corrected chi connectivity index (χ4v) is 4.17. The average Bonchev–Trinajstić information content (AvgIpc) is 2.91. The fourth-order valence-electron chi connectivity index (χ4n) is 4.17. The van der Waals surface area contributed by atoms with Gasteiger partial charge in [-0.15, -0.1) is 0 Å². The maximum absolute atomic E-state index is 16.1. The summed E-state index contributed by atoms with van der Waals surface area (Å²) in [6.07, 6.45) is 2.17. The first-order valence-corrected chi connectivity index (χ1v) is 11.9. The van der Waals surface area contributed by atoms with Crippen molar-refractivity contribution >= 4 is 34.1 Å². The van der Waals surface area contributed by atoms with Gasteiger partial charge in [-0.05, 0) is 37.1 Å². The molecule has 8 nitrogen and oxygen atoms in total. The largest absolute Gasteiger partial charge is 0.461 e. The Bertz CT molecular complexity index is 1510. The first-order chi connectivity index (χ1) is 17.9. The van der Waals surface area contributed by atoms with Crippen molar-refractivity contribution in [2.45, 2.75) is 20.3 Å². The van der Waals surface area contributed by atoms with Gasteiger partial charge in [0.25, 0.3) is 0 Å². The Labute approximate surface area is 212 Å². The Kier molecular flexibility index (Phi) is 7.66. The molecule has 4 rings (SSSR count). The Morgan fingerprint density at radius 1 is 1.05 bits per heavy atom. The number of carbonyl (C=O) groups is 1. The van der Waals surface area contributed by atoms with E-state index in [0.717, 1.165) is 11.6 Å². The third-order valence-corrected chi connectivity index (χ3v) is 5.86. The molecule has 0 aliphatic heterocycles. The number of carbonyl (C=O) groups excluding carboxylic acids is 1. The zero-order valence-electron chi connectivity index (χ0n) is 20.5. The summed E-state index contributed by atoms with van der Waals surface area (Å²) >= 11 is 0. The van der Waals surface area contributed by atoms with Crippen LogP contribution in [-0.4, -0.2) is 35.2 Å². The van der Waals surface area contributed by atoms with Crippen LogP contribution in [0.25, 0.3) is 16.6 Å². The molecule has 10 heteroatoms. The molecule has 0 fully saturated rings. The van der Waals surface area contributed by atoms with Gasteiger partial charge >= 0.3 is 5.97 Å². The molecule has 0 spiro atoms. The summed E-state index contributed by atoms with van der Waals surface area (Å²) in [5.74, 6) is -2.34. The number of fused-ring (bicyclic) bond motifs is 1. The van der Waals surface area contributed by atoms with Crippen LogP contribution in [0.5, 0.6) is 0 Å². The van der Waals surface area contributed by atoms with Gasteiger partial charge in [0.05, 0.1) is 23.2 Å². The van der Waals surface area contributed by atoms with E-state index >= 15 is 8.78 Å². The van der Waals surface area contributed by atoms with E-state index in [2.05, 4.69) is 15.6 Å². The molecule has 0 atom stereocenters. The first kappa shape index (κ1) is 25.6. The predicted octanol–water partition coefficient (Wildman–Crippen LogP) is 4.51. The van der Waals surface area contributed by atoms with E-state index in [-0.39, 0.29) is 29.7 Å². The fraction of sp³-hybridized carbons (Fsp3) is 0.222. The highest BCUT2D eigenvalue weighted by Gasteiger charge is 2.27. The number of benzene rings is 2. The molecule has 2 aromatic heterocycles. The number of halogens is 2. The number of pyridine rings is 2. The van der Waals surface area contributed by atoms with E-state index in [1.807, 2.05) is 19.1 Å². The molecule has 2 aromatic carbocycles. The van der Waals surface area contributed by atoms with Crippen molar-refractivity contribution in [3.05, 3.63) is 87.8 Å². The highest BCUT2D eigenvalue weighted by molar-refractivity contribution is 5.99. The number of nitrogens with two attached hydrogens (primary N) is 1. The van der Waals surface area contributed by atoms with Gasteiger partial charge in [-0.1, -0.05) is 31.2 Å². The topological polar surface area (TPSA) is 111 Å². The Balaban J connectivity index is 1.91. The Morgan fingerprint density at radius 2 is 1.78 bits per heavy atom. The molecule has 37 heavy (non-hydrogen) atoms. The van der Waals surface area contributed by atoms with Crippen LogP contribution in [0.4, 0.5) is 26.0 Å². The zero-order chi connectivity index (χ0) is 26.5. The van der Waals surface area contributed by atoms with Crippen LogP contribution in [0.2, 0.25) is 0 Å². The van der Waals surface area contributed by atoms with Gasteiger partial charge in [-0.25, -0.2) is 18.6 Å². The molecule has 4 aromatic rings. The number of esters is 1. The van der Waals surface area contributed by atoms with Crippen LogP contribution in [0, 0.1) is 11.6 Å². The van der Waals surface area contributed by atoms with Crippen LogP contribution in [-0.2, 0) is 11.2 Å². The van der Waals surface area contributed by atoms with Gasteiger partial charge in [0.15, 0.2) is 17.1 Å². The highest BCUT2D eigenvalue weighted by atomic mass is 19.1. The molecule has 0 saturated heterocycles. The number of nitrogen functional groups attached to an aromatic ring is 1. The van der Waals surface area contributed by atoms with Crippen molar-refractivity contribution < 1.29 is 18.3 Å². The van der Waals surface area contributed by atoms with Crippen molar-refractivity contribution in [1.82, 2.24) is 9.55 Å². The summed E-state index contributed by atoms with van der Waals surface area (Å²) in [6, 6.07) is 13.4. The third kappa shape index (κ3) is 4.95. The number of ether oxygens (including phenoxy) is 1. The second-order valence-corrected chi connectivity index (χ2v) is 8.14. The predicted molar refractivity (Wildman–Crippen MR) is 140 cm³/mol. The minimum absolute atomic E-state index is 0.0462. The van der Waals surface area contributed by atoms with Gasteiger partial charge in [0.1, 0.15) is 17.2 Å². The van der Waals surface area contributed by atoms with E-state index in [1.165, 1.54) is 4.57 Å². The SMILES string of the molecule is CCOC(=O)c1cc(=O)c2c(N)c(F)c(NCCNc3ccccn3)c(F)c2n1-c1ccccc1CC. The van der Waals surface area contributed by atoms with Gasteiger partial charge in [-0.2, -0.15) is 0 Å². The molecule has 0 saturated carbocycles. The Hall–Kier alpha value is -4.47. The number of nitrogens with one attached hydrogen (secondary N) is 2. The number of hydrogen-bond acceptors (Lipinski definition) is 7. The third-order valence-electron chi connectivity index (χ3n) is 5.86. The van der Waals surface area contributed by atoms with E-state index in [9.17, 15) is 9.59 Å². The minimum atomic E-state index is -1.08. The first-order valence-electron chi connectivity index (χ1n) is 11.9. The van der Waals surface area contributed by atoms with E-state index in [4.69, 9.17) is 10.5 Å². The standard InChI is InChI=1S/C27H27F2N5O3/c1-3-16-9-5-6-10-17(16)34-18(27(36)37-4-2)15-19(35)21-24(30)22(28)25(23(29)26(21)34)33-14-13-32-20-11-7-8-12-31-20/h5-12,15,33H,3-4,13-14,30H2,1-2H3,(H,31,32). The second-order valence-electron chi connectivity index (χ2n) is 8.14. The van der Waals surface area contributed by atoms with E-state index in [0.29, 0.717) is 24.5 Å². The maximum atomic E-state index is 16.1. The molecule has 0 aliphatic rings. The lowest BCUT2D eigenvalue weighted by molar-refractivity contribution is 0.0516. The molecule has 0 bridgehead atoms. The quantitative estimate of drug-likeness (QED) is 0.174. The number of aromatic nitrogens is 2.